The fraction of sp³-hybridized carbons (Fsp3) is 0.318. The van der Waals surface area contributed by atoms with E-state index in [0.717, 1.165) is 6.92 Å². The molecule has 0 bridgehead atoms. The van der Waals surface area contributed by atoms with Gasteiger partial charge in [-0.3, -0.25) is 9.59 Å². The number of carboxylic acid groups (broad SMARTS) is 1. The summed E-state index contributed by atoms with van der Waals surface area (Å²) in [5, 5.41) is 98.0. The van der Waals surface area contributed by atoms with Crippen molar-refractivity contribution in [3.63, 3.8) is 0 Å². The molecule has 2 aromatic rings. The Morgan fingerprint density at radius 2 is 1.53 bits per heavy atom. The normalized spacial score (nSPS) is 25.1. The molecule has 14 heteroatoms. The summed E-state index contributed by atoms with van der Waals surface area (Å²) in [7, 11) is 0. The minimum Gasteiger partial charge on any atom is -0.873 e. The molecule has 5 atom stereocenters. The van der Waals surface area contributed by atoms with E-state index in [2.05, 4.69) is 0 Å². The van der Waals surface area contributed by atoms with E-state index in [0.29, 0.717) is 6.07 Å². The molecule has 1 aliphatic heterocycles. The van der Waals surface area contributed by atoms with Crippen LogP contribution in [-0.4, -0.2) is 96.6 Å². The maximum atomic E-state index is 13.3. The van der Waals surface area contributed by atoms with Crippen molar-refractivity contribution in [2.45, 2.75) is 37.4 Å². The van der Waals surface area contributed by atoms with Gasteiger partial charge in [-0.15, -0.1) is 11.5 Å². The van der Waals surface area contributed by atoms with E-state index in [1.54, 1.807) is 0 Å². The number of carboxylic acids is 1. The summed E-state index contributed by atoms with van der Waals surface area (Å²) >= 11 is 0. The Hall–Kier alpha value is -3.22. The van der Waals surface area contributed by atoms with Gasteiger partial charge in [-0.05, 0) is 24.1 Å². The first-order valence-electron chi connectivity index (χ1n) is 10.1. The third kappa shape index (κ3) is 3.63. The standard InChI is InChI=1S/C22H20O13.Al/c1-4-8-5(2-6(24)9(4)22(33)34)13(25)10-11(15(8)27)16(28)12(18(30)17(10)29)21-20(32)19(31)14(26)7(3-23)35-21;/h2,7,14,19-21,23-24,26,28-32H,3H2,1H3,(H,33,34);/q;+3/p-3. The number of carbonyl (C=O) groups excluding carboxylic acids is 2. The van der Waals surface area contributed by atoms with Crippen molar-refractivity contribution in [2.24, 2.45) is 0 Å². The molecule has 1 aliphatic carbocycles. The number of phenols is 1. The van der Waals surface area contributed by atoms with E-state index in [9.17, 15) is 60.3 Å². The fourth-order valence-electron chi connectivity index (χ4n) is 4.53. The topological polar surface area (TPSA) is 251 Å². The van der Waals surface area contributed by atoms with Gasteiger partial charge in [-0.2, -0.15) is 0 Å². The van der Waals surface area contributed by atoms with Crippen molar-refractivity contribution in [1.29, 1.82) is 0 Å². The fourth-order valence-corrected chi connectivity index (χ4v) is 4.53. The molecule has 36 heavy (non-hydrogen) atoms. The first-order chi connectivity index (χ1) is 16.3. The maximum Gasteiger partial charge on any atom is 3.00 e. The molecule has 4 rings (SSSR count). The Balaban J connectivity index is 0.00000361. The number of benzene rings is 2. The number of hydrogen-bond acceptors (Lipinski definition) is 12. The summed E-state index contributed by atoms with van der Waals surface area (Å²) in [5.74, 6) is -9.78. The van der Waals surface area contributed by atoms with Gasteiger partial charge in [-0.25, -0.2) is 4.79 Å². The molecular weight excluding hydrogens is 499 g/mol. The molecule has 6 N–H and O–H groups in total. The molecule has 1 fully saturated rings. The molecule has 0 radical (unpaired) electrons. The van der Waals surface area contributed by atoms with Crippen LogP contribution in [0.15, 0.2) is 6.07 Å². The Labute approximate surface area is 212 Å². The van der Waals surface area contributed by atoms with Crippen LogP contribution in [0.1, 0.15) is 59.4 Å². The number of fused-ring (bicyclic) bond motifs is 2. The molecule has 2 aliphatic rings. The van der Waals surface area contributed by atoms with E-state index in [-0.39, 0.29) is 22.9 Å². The first-order valence-corrected chi connectivity index (χ1v) is 10.1. The Bertz CT molecular complexity index is 1300. The van der Waals surface area contributed by atoms with Crippen molar-refractivity contribution in [2.75, 3.05) is 6.61 Å². The van der Waals surface area contributed by atoms with E-state index >= 15 is 0 Å². The molecule has 2 aromatic carbocycles. The van der Waals surface area contributed by atoms with Crippen molar-refractivity contribution in [3.05, 3.63) is 45.0 Å². The molecule has 1 heterocycles. The van der Waals surface area contributed by atoms with Gasteiger partial charge in [0.15, 0.2) is 11.6 Å². The summed E-state index contributed by atoms with van der Waals surface area (Å²) in [4.78, 5) is 37.9. The number of aromatic hydroxyl groups is 1. The van der Waals surface area contributed by atoms with Crippen LogP contribution in [0.2, 0.25) is 0 Å². The van der Waals surface area contributed by atoms with Gasteiger partial charge in [0.2, 0.25) is 0 Å². The van der Waals surface area contributed by atoms with E-state index in [1.807, 2.05) is 0 Å². The molecule has 0 spiro atoms. The summed E-state index contributed by atoms with van der Waals surface area (Å²) < 4.78 is 5.19. The van der Waals surface area contributed by atoms with Crippen molar-refractivity contribution >= 4 is 34.9 Å². The second-order valence-corrected chi connectivity index (χ2v) is 8.18. The SMILES string of the molecule is Cc1c(C(=O)O)c(O)cc2c1C(=O)c1c([O-])c(C3OC(CO)C(O)C(O)C3O)c([O-])c([O-])c1C2=O.[Al+3]. The summed E-state index contributed by atoms with van der Waals surface area (Å²) in [6.45, 7) is 0.186. The Morgan fingerprint density at radius 3 is 2.08 bits per heavy atom. The van der Waals surface area contributed by atoms with Crippen LogP contribution in [0, 0.1) is 6.92 Å². The molecule has 13 nitrogen and oxygen atoms in total. The molecular formula is C22H17AlO13. The Kier molecular flexibility index (Phi) is 7.10. The van der Waals surface area contributed by atoms with Crippen LogP contribution in [-0.2, 0) is 4.74 Å². The average Bonchev–Trinajstić information content (AvgIpc) is 2.79. The van der Waals surface area contributed by atoms with Gasteiger partial charge in [-0.1, -0.05) is 5.75 Å². The predicted octanol–water partition coefficient (Wildman–Crippen LogP) is -3.47. The van der Waals surface area contributed by atoms with Crippen LogP contribution in [0.4, 0.5) is 0 Å². The van der Waals surface area contributed by atoms with Crippen LogP contribution in [0.25, 0.3) is 0 Å². The van der Waals surface area contributed by atoms with Gasteiger partial charge < -0.3 is 50.7 Å². The van der Waals surface area contributed by atoms with Gasteiger partial charge in [0.05, 0.1) is 6.61 Å². The minimum atomic E-state index is -2.13. The molecule has 0 amide bonds. The quantitative estimate of drug-likeness (QED) is 0.185. The zero-order chi connectivity index (χ0) is 26.1. The number of carbonyl (C=O) groups is 3. The summed E-state index contributed by atoms with van der Waals surface area (Å²) in [6, 6.07) is 0.648. The van der Waals surface area contributed by atoms with E-state index in [4.69, 9.17) is 4.74 Å². The second kappa shape index (κ2) is 9.34. The van der Waals surface area contributed by atoms with Crippen LogP contribution in [0.3, 0.4) is 0 Å². The van der Waals surface area contributed by atoms with Crippen molar-refractivity contribution < 1.29 is 65.1 Å². The summed E-state index contributed by atoms with van der Waals surface area (Å²) in [5.41, 5.74) is -5.52. The number of aliphatic hydroxyl groups excluding tert-OH is 4. The number of rotatable bonds is 3. The van der Waals surface area contributed by atoms with Crippen LogP contribution >= 0.6 is 0 Å². The van der Waals surface area contributed by atoms with Gasteiger partial charge in [0.1, 0.15) is 41.8 Å². The van der Waals surface area contributed by atoms with Gasteiger partial charge >= 0.3 is 23.3 Å². The zero-order valence-corrected chi connectivity index (χ0v) is 19.4. The minimum absolute atomic E-state index is 0. The van der Waals surface area contributed by atoms with Crippen molar-refractivity contribution in [1.82, 2.24) is 0 Å². The van der Waals surface area contributed by atoms with E-state index in [1.165, 1.54) is 0 Å². The smallest absolute Gasteiger partial charge is 0.873 e. The number of ketones is 2. The van der Waals surface area contributed by atoms with Crippen LogP contribution in [0.5, 0.6) is 23.0 Å². The monoisotopic (exact) mass is 516 g/mol. The third-order valence-corrected chi connectivity index (χ3v) is 6.27. The molecule has 5 unspecified atom stereocenters. The average molecular weight is 516 g/mol. The second-order valence-electron chi connectivity index (χ2n) is 8.18. The number of ether oxygens (including phenoxy) is 1. The Morgan fingerprint density at radius 1 is 0.944 bits per heavy atom. The van der Waals surface area contributed by atoms with Crippen LogP contribution < -0.4 is 15.3 Å². The third-order valence-electron chi connectivity index (χ3n) is 6.27. The zero-order valence-electron chi connectivity index (χ0n) is 18.3. The first kappa shape index (κ1) is 27.4. The molecule has 186 valence electrons. The van der Waals surface area contributed by atoms with Crippen molar-refractivity contribution in [3.8, 4) is 23.0 Å². The predicted molar refractivity (Wildman–Crippen MR) is 110 cm³/mol. The number of aliphatic hydroxyl groups is 4. The van der Waals surface area contributed by atoms with Gasteiger partial charge in [0.25, 0.3) is 0 Å². The number of hydrogen-bond donors (Lipinski definition) is 6. The molecule has 0 aromatic heterocycles. The molecule has 0 saturated carbocycles. The summed E-state index contributed by atoms with van der Waals surface area (Å²) in [6.07, 6.45) is -9.60. The maximum absolute atomic E-state index is 13.3. The van der Waals surface area contributed by atoms with E-state index < -0.39 is 111 Å². The number of aromatic carboxylic acids is 1. The van der Waals surface area contributed by atoms with Gasteiger partial charge in [0, 0.05) is 22.3 Å². The molecule has 1 saturated heterocycles. The largest absolute Gasteiger partial charge is 3.00 e.